The summed E-state index contributed by atoms with van der Waals surface area (Å²) in [4.78, 5) is 28.3. The van der Waals surface area contributed by atoms with E-state index in [9.17, 15) is 18.0 Å². The molecule has 0 aliphatic carbocycles. The lowest BCUT2D eigenvalue weighted by Crippen LogP contribution is -2.51. The summed E-state index contributed by atoms with van der Waals surface area (Å²) in [5.41, 5.74) is 1.62. The predicted octanol–water partition coefficient (Wildman–Crippen LogP) is 6.99. The van der Waals surface area contributed by atoms with Crippen molar-refractivity contribution in [2.24, 2.45) is 5.92 Å². The SMILES string of the molecule is Cc1ccc(S(=O)(=O)N(CC(=O)N(Cc2ccc(Cl)c(Cl)c2)[C@H](C)C(=O)NCC(C)C)c2ccc(Cl)c(Cl)c2)cc1. The van der Waals surface area contributed by atoms with Crippen LogP contribution in [0.5, 0.6) is 0 Å². The van der Waals surface area contributed by atoms with E-state index in [1.165, 1.54) is 35.2 Å². The van der Waals surface area contributed by atoms with Crippen molar-refractivity contribution < 1.29 is 18.0 Å². The Labute approximate surface area is 261 Å². The van der Waals surface area contributed by atoms with Gasteiger partial charge in [0.15, 0.2) is 0 Å². The number of nitrogens with one attached hydrogen (secondary N) is 1. The molecule has 0 aromatic heterocycles. The third-order valence-corrected chi connectivity index (χ3v) is 9.53. The van der Waals surface area contributed by atoms with Gasteiger partial charge in [0.2, 0.25) is 11.8 Å². The lowest BCUT2D eigenvalue weighted by molar-refractivity contribution is -0.139. The quantitative estimate of drug-likeness (QED) is 0.241. The van der Waals surface area contributed by atoms with Crippen molar-refractivity contribution in [2.45, 2.75) is 45.2 Å². The van der Waals surface area contributed by atoms with Crippen LogP contribution in [0.25, 0.3) is 0 Å². The Morgan fingerprint density at radius 1 is 0.829 bits per heavy atom. The van der Waals surface area contributed by atoms with Crippen molar-refractivity contribution in [1.29, 1.82) is 0 Å². The molecule has 0 heterocycles. The maximum absolute atomic E-state index is 14.0. The number of hydrogen-bond acceptors (Lipinski definition) is 4. The molecular formula is C29H31Cl4N3O4S. The average molecular weight is 659 g/mol. The molecule has 1 atom stereocenters. The van der Waals surface area contributed by atoms with E-state index in [-0.39, 0.29) is 44.0 Å². The number of anilines is 1. The minimum absolute atomic E-state index is 0.0132. The topological polar surface area (TPSA) is 86.8 Å². The molecule has 220 valence electrons. The fraction of sp³-hybridized carbons (Fsp3) is 0.310. The van der Waals surface area contributed by atoms with Gasteiger partial charge in [-0.2, -0.15) is 0 Å². The summed E-state index contributed by atoms with van der Waals surface area (Å²) in [6, 6.07) is 14.5. The zero-order valence-electron chi connectivity index (χ0n) is 23.0. The Bertz CT molecular complexity index is 1510. The second-order valence-electron chi connectivity index (χ2n) is 10.0. The molecule has 3 aromatic rings. The van der Waals surface area contributed by atoms with Gasteiger partial charge in [-0.3, -0.25) is 13.9 Å². The van der Waals surface area contributed by atoms with Gasteiger partial charge < -0.3 is 10.2 Å². The third kappa shape index (κ3) is 8.52. The molecule has 0 unspecified atom stereocenters. The highest BCUT2D eigenvalue weighted by molar-refractivity contribution is 7.92. The number of benzene rings is 3. The molecule has 0 saturated carbocycles. The molecule has 2 amide bonds. The molecule has 0 aliphatic heterocycles. The first kappa shape index (κ1) is 33.0. The van der Waals surface area contributed by atoms with Crippen LogP contribution in [0, 0.1) is 12.8 Å². The number of carbonyl (C=O) groups is 2. The van der Waals surface area contributed by atoms with Crippen molar-refractivity contribution in [1.82, 2.24) is 10.2 Å². The van der Waals surface area contributed by atoms with Gasteiger partial charge in [0.25, 0.3) is 10.0 Å². The van der Waals surface area contributed by atoms with Crippen molar-refractivity contribution in [3.63, 3.8) is 0 Å². The monoisotopic (exact) mass is 657 g/mol. The summed E-state index contributed by atoms with van der Waals surface area (Å²) >= 11 is 24.6. The van der Waals surface area contributed by atoms with E-state index >= 15 is 0 Å². The van der Waals surface area contributed by atoms with Crippen molar-refractivity contribution in [3.8, 4) is 0 Å². The maximum Gasteiger partial charge on any atom is 0.264 e. The number of amides is 2. The molecule has 0 aliphatic rings. The third-order valence-electron chi connectivity index (χ3n) is 6.27. The van der Waals surface area contributed by atoms with E-state index in [1.807, 2.05) is 20.8 Å². The molecule has 0 bridgehead atoms. The number of aryl methyl sites for hydroxylation is 1. The molecule has 3 rings (SSSR count). The second kappa shape index (κ2) is 14.1. The molecule has 3 aromatic carbocycles. The Morgan fingerprint density at radius 2 is 1.41 bits per heavy atom. The molecular weight excluding hydrogens is 628 g/mol. The Kier molecular flexibility index (Phi) is 11.4. The molecule has 7 nitrogen and oxygen atoms in total. The maximum atomic E-state index is 14.0. The van der Waals surface area contributed by atoms with Gasteiger partial charge in [-0.25, -0.2) is 8.42 Å². The Hall–Kier alpha value is -2.49. The Balaban J connectivity index is 2.05. The van der Waals surface area contributed by atoms with E-state index in [0.717, 1.165) is 9.87 Å². The fourth-order valence-electron chi connectivity index (χ4n) is 3.88. The lowest BCUT2D eigenvalue weighted by atomic mass is 10.1. The van der Waals surface area contributed by atoms with Crippen LogP contribution < -0.4 is 9.62 Å². The summed E-state index contributed by atoms with van der Waals surface area (Å²) in [5.74, 6) is -0.810. The number of nitrogens with zero attached hydrogens (tertiary/aromatic N) is 2. The highest BCUT2D eigenvalue weighted by Gasteiger charge is 2.33. The minimum Gasteiger partial charge on any atom is -0.354 e. The van der Waals surface area contributed by atoms with Crippen LogP contribution in [0.3, 0.4) is 0 Å². The summed E-state index contributed by atoms with van der Waals surface area (Å²) in [7, 11) is -4.24. The number of hydrogen-bond donors (Lipinski definition) is 1. The summed E-state index contributed by atoms with van der Waals surface area (Å²) < 4.78 is 28.7. The van der Waals surface area contributed by atoms with Crippen LogP contribution in [0.4, 0.5) is 5.69 Å². The number of halogens is 4. The molecule has 0 fully saturated rings. The molecule has 41 heavy (non-hydrogen) atoms. The summed E-state index contributed by atoms with van der Waals surface area (Å²) in [6.07, 6.45) is 0. The summed E-state index contributed by atoms with van der Waals surface area (Å²) in [5, 5.41) is 3.81. The summed E-state index contributed by atoms with van der Waals surface area (Å²) in [6.45, 7) is 7.11. The average Bonchev–Trinajstić information content (AvgIpc) is 2.92. The first-order valence-electron chi connectivity index (χ1n) is 12.8. The standard InChI is InChI=1S/C29H31Cl4N3O4S/c1-18(2)15-34-29(38)20(4)35(16-21-7-11-24(30)26(32)13-21)28(37)17-36(22-8-12-25(31)27(33)14-22)41(39,40)23-9-5-19(3)6-10-23/h5-14,18,20H,15-17H2,1-4H3,(H,34,38)/t20-/m1/s1. The van der Waals surface area contributed by atoms with Gasteiger partial charge in [-0.05, 0) is 67.8 Å². The van der Waals surface area contributed by atoms with E-state index in [4.69, 9.17) is 46.4 Å². The van der Waals surface area contributed by atoms with Crippen molar-refractivity contribution in [2.75, 3.05) is 17.4 Å². The first-order chi connectivity index (χ1) is 19.2. The van der Waals surface area contributed by atoms with Gasteiger partial charge in [0, 0.05) is 13.1 Å². The van der Waals surface area contributed by atoms with E-state index < -0.39 is 28.5 Å². The van der Waals surface area contributed by atoms with E-state index in [2.05, 4.69) is 5.32 Å². The van der Waals surface area contributed by atoms with Crippen molar-refractivity contribution in [3.05, 3.63) is 91.9 Å². The number of sulfonamides is 1. The largest absolute Gasteiger partial charge is 0.354 e. The van der Waals surface area contributed by atoms with Gasteiger partial charge in [0.1, 0.15) is 12.6 Å². The highest BCUT2D eigenvalue weighted by atomic mass is 35.5. The molecule has 0 saturated heterocycles. The molecule has 0 spiro atoms. The van der Waals surface area contributed by atoms with Crippen LogP contribution >= 0.6 is 46.4 Å². The van der Waals surface area contributed by atoms with Crippen molar-refractivity contribution >= 4 is 73.9 Å². The van der Waals surface area contributed by atoms with Crippen LogP contribution in [0.1, 0.15) is 31.9 Å². The normalized spacial score (nSPS) is 12.2. The van der Waals surface area contributed by atoms with Gasteiger partial charge in [-0.15, -0.1) is 0 Å². The highest BCUT2D eigenvalue weighted by Crippen LogP contribution is 2.31. The molecule has 1 N–H and O–H groups in total. The minimum atomic E-state index is -4.24. The smallest absolute Gasteiger partial charge is 0.264 e. The Morgan fingerprint density at radius 3 is 1.98 bits per heavy atom. The van der Waals surface area contributed by atoms with Gasteiger partial charge in [-0.1, -0.05) is 84.0 Å². The molecule has 0 radical (unpaired) electrons. The zero-order valence-corrected chi connectivity index (χ0v) is 26.8. The first-order valence-corrected chi connectivity index (χ1v) is 15.7. The van der Waals surface area contributed by atoms with Crippen LogP contribution in [0.2, 0.25) is 20.1 Å². The van der Waals surface area contributed by atoms with Gasteiger partial charge >= 0.3 is 0 Å². The van der Waals surface area contributed by atoms with Crippen LogP contribution in [-0.2, 0) is 26.2 Å². The fourth-order valence-corrected chi connectivity index (χ4v) is 5.90. The molecule has 12 heteroatoms. The zero-order chi connectivity index (χ0) is 30.5. The second-order valence-corrected chi connectivity index (χ2v) is 13.5. The van der Waals surface area contributed by atoms with E-state index in [0.29, 0.717) is 17.1 Å². The predicted molar refractivity (Wildman–Crippen MR) is 166 cm³/mol. The van der Waals surface area contributed by atoms with E-state index in [1.54, 1.807) is 37.3 Å². The van der Waals surface area contributed by atoms with Crippen LogP contribution in [0.15, 0.2) is 65.6 Å². The number of rotatable bonds is 11. The lowest BCUT2D eigenvalue weighted by Gasteiger charge is -2.32. The van der Waals surface area contributed by atoms with Crippen LogP contribution in [-0.4, -0.2) is 44.3 Å². The van der Waals surface area contributed by atoms with Gasteiger partial charge in [0.05, 0.1) is 30.7 Å². The number of carbonyl (C=O) groups excluding carboxylic acids is 2.